The molecule has 3 aromatic rings. The summed E-state index contributed by atoms with van der Waals surface area (Å²) in [4.78, 5) is 2.42. The van der Waals surface area contributed by atoms with E-state index in [0.29, 0.717) is 23.2 Å². The molecule has 1 fully saturated rings. The number of nitrogens with zero attached hydrogens (tertiary/aromatic N) is 1. The number of halogens is 2. The lowest BCUT2D eigenvalue weighted by atomic mass is 10.0. The Labute approximate surface area is 223 Å². The minimum absolute atomic E-state index is 0.0820. The largest absolute Gasteiger partial charge is 0.508 e. The molecule has 1 unspecified atom stereocenters. The summed E-state index contributed by atoms with van der Waals surface area (Å²) in [6, 6.07) is 23.4. The number of phenolic OH excluding ortho intramolecular Hbond substituents is 1. The fourth-order valence-electron chi connectivity index (χ4n) is 4.39. The van der Waals surface area contributed by atoms with Crippen molar-refractivity contribution in [3.8, 4) is 5.75 Å². The van der Waals surface area contributed by atoms with E-state index in [9.17, 15) is 5.11 Å². The van der Waals surface area contributed by atoms with Gasteiger partial charge in [-0.05, 0) is 61.6 Å². The van der Waals surface area contributed by atoms with Gasteiger partial charge in [0.15, 0.2) is 6.29 Å². The predicted molar refractivity (Wildman–Crippen MR) is 147 cm³/mol. The Hall–Kier alpha value is -2.28. The molecular formula is C29H34Cl2N2O3. The van der Waals surface area contributed by atoms with Crippen LogP contribution in [-0.4, -0.2) is 42.1 Å². The molecule has 0 bridgehead atoms. The number of rotatable bonds is 11. The van der Waals surface area contributed by atoms with Crippen molar-refractivity contribution < 1.29 is 14.6 Å². The Kier molecular flexibility index (Phi) is 9.90. The van der Waals surface area contributed by atoms with Crippen LogP contribution in [0.4, 0.5) is 5.69 Å². The monoisotopic (exact) mass is 528 g/mol. The molecule has 3 atom stereocenters. The van der Waals surface area contributed by atoms with E-state index in [0.717, 1.165) is 43.7 Å². The minimum atomic E-state index is -0.124. The van der Waals surface area contributed by atoms with Gasteiger partial charge in [0.25, 0.3) is 0 Å². The maximum atomic E-state index is 9.81. The van der Waals surface area contributed by atoms with Gasteiger partial charge in [0.05, 0.1) is 23.4 Å². The molecule has 1 aliphatic rings. The molecule has 0 radical (unpaired) electrons. The highest BCUT2D eigenvalue weighted by Gasteiger charge is 2.24. The van der Waals surface area contributed by atoms with Crippen LogP contribution < -0.4 is 5.32 Å². The van der Waals surface area contributed by atoms with Crippen LogP contribution in [0.1, 0.15) is 43.4 Å². The zero-order valence-corrected chi connectivity index (χ0v) is 22.1. The lowest BCUT2D eigenvalue weighted by molar-refractivity contribution is -0.170. The van der Waals surface area contributed by atoms with Gasteiger partial charge in [0, 0.05) is 36.8 Å². The lowest BCUT2D eigenvalue weighted by Crippen LogP contribution is -2.41. The van der Waals surface area contributed by atoms with Crippen molar-refractivity contribution >= 4 is 28.9 Å². The van der Waals surface area contributed by atoms with Crippen LogP contribution in [0, 0.1) is 0 Å². The summed E-state index contributed by atoms with van der Waals surface area (Å²) in [7, 11) is 0. The molecule has 2 N–H and O–H groups in total. The summed E-state index contributed by atoms with van der Waals surface area (Å²) >= 11 is 12.6. The van der Waals surface area contributed by atoms with E-state index in [1.807, 2.05) is 30.3 Å². The van der Waals surface area contributed by atoms with E-state index in [-0.39, 0.29) is 24.1 Å². The van der Waals surface area contributed by atoms with Crippen LogP contribution in [0.2, 0.25) is 10.0 Å². The highest BCUT2D eigenvalue weighted by molar-refractivity contribution is 6.33. The molecule has 5 nitrogen and oxygen atoms in total. The Morgan fingerprint density at radius 2 is 1.83 bits per heavy atom. The molecule has 36 heavy (non-hydrogen) atoms. The van der Waals surface area contributed by atoms with Crippen LogP contribution in [0.5, 0.6) is 5.75 Å². The average molecular weight is 530 g/mol. The number of hydrogen-bond acceptors (Lipinski definition) is 5. The van der Waals surface area contributed by atoms with Crippen LogP contribution in [0.3, 0.4) is 0 Å². The second-order valence-electron chi connectivity index (χ2n) is 9.31. The molecule has 0 amide bonds. The fraction of sp³-hybridized carbons (Fsp3) is 0.379. The van der Waals surface area contributed by atoms with Crippen molar-refractivity contribution in [1.82, 2.24) is 4.90 Å². The third-order valence-corrected chi connectivity index (χ3v) is 7.05. The van der Waals surface area contributed by atoms with Crippen molar-refractivity contribution in [3.63, 3.8) is 0 Å². The quantitative estimate of drug-likeness (QED) is 0.256. The average Bonchev–Trinajstić information content (AvgIpc) is 2.89. The van der Waals surface area contributed by atoms with Crippen molar-refractivity contribution in [2.45, 2.75) is 51.1 Å². The first-order valence-electron chi connectivity index (χ1n) is 12.5. The van der Waals surface area contributed by atoms with Gasteiger partial charge in [-0.1, -0.05) is 65.7 Å². The molecule has 0 aromatic heterocycles. The second kappa shape index (κ2) is 13.3. The van der Waals surface area contributed by atoms with Crippen LogP contribution in [0.15, 0.2) is 72.8 Å². The van der Waals surface area contributed by atoms with Gasteiger partial charge in [-0.25, -0.2) is 0 Å². The first-order valence-corrected chi connectivity index (χ1v) is 13.2. The van der Waals surface area contributed by atoms with E-state index >= 15 is 0 Å². The van der Waals surface area contributed by atoms with E-state index in [2.05, 4.69) is 41.4 Å². The lowest BCUT2D eigenvalue weighted by Gasteiger charge is -2.34. The van der Waals surface area contributed by atoms with Gasteiger partial charge in [-0.3, -0.25) is 4.90 Å². The number of hydrogen-bond donors (Lipinski definition) is 2. The molecule has 7 heteroatoms. The molecule has 192 valence electrons. The fourth-order valence-corrected chi connectivity index (χ4v) is 4.74. The van der Waals surface area contributed by atoms with Gasteiger partial charge in [0.1, 0.15) is 5.75 Å². The molecule has 1 heterocycles. The summed E-state index contributed by atoms with van der Waals surface area (Å²) < 4.78 is 12.0. The molecule has 1 aliphatic heterocycles. The maximum absolute atomic E-state index is 9.81. The highest BCUT2D eigenvalue weighted by Crippen LogP contribution is 2.31. The number of phenols is 1. The van der Waals surface area contributed by atoms with Gasteiger partial charge < -0.3 is 19.9 Å². The third-order valence-electron chi connectivity index (χ3n) is 6.48. The first-order chi connectivity index (χ1) is 17.5. The Balaban J connectivity index is 1.56. The van der Waals surface area contributed by atoms with Crippen LogP contribution in [-0.2, 0) is 16.0 Å². The van der Waals surface area contributed by atoms with Gasteiger partial charge in [-0.2, -0.15) is 0 Å². The Morgan fingerprint density at radius 1 is 1.06 bits per heavy atom. The summed E-state index contributed by atoms with van der Waals surface area (Å²) in [5.74, 6) is 0.134. The molecule has 0 spiro atoms. The third kappa shape index (κ3) is 7.86. The van der Waals surface area contributed by atoms with Crippen molar-refractivity contribution in [3.05, 3.63) is 94.0 Å². The molecular weight excluding hydrogens is 495 g/mol. The highest BCUT2D eigenvalue weighted by atomic mass is 35.5. The number of aromatic hydroxyl groups is 1. The van der Waals surface area contributed by atoms with Gasteiger partial charge in [-0.15, -0.1) is 0 Å². The summed E-state index contributed by atoms with van der Waals surface area (Å²) in [6.07, 6.45) is 3.06. The van der Waals surface area contributed by atoms with Crippen molar-refractivity contribution in [1.29, 1.82) is 0 Å². The van der Waals surface area contributed by atoms with Crippen LogP contribution >= 0.6 is 23.2 Å². The predicted octanol–water partition coefficient (Wildman–Crippen LogP) is 7.29. The summed E-state index contributed by atoms with van der Waals surface area (Å²) in [6.45, 7) is 5.00. The number of ether oxygens (including phenoxy) is 2. The molecule has 1 saturated heterocycles. The molecule has 3 aromatic carbocycles. The van der Waals surface area contributed by atoms with Crippen molar-refractivity contribution in [2.24, 2.45) is 0 Å². The molecule has 0 aliphatic carbocycles. The molecule has 0 saturated carbocycles. The second-order valence-corrected chi connectivity index (χ2v) is 10.1. The number of nitrogens with one attached hydrogen (secondary N) is 1. The first kappa shape index (κ1) is 26.8. The van der Waals surface area contributed by atoms with E-state index in [1.54, 1.807) is 18.2 Å². The summed E-state index contributed by atoms with van der Waals surface area (Å²) in [5.41, 5.74) is 3.08. The maximum Gasteiger partial charge on any atom is 0.157 e. The minimum Gasteiger partial charge on any atom is -0.508 e. The van der Waals surface area contributed by atoms with Gasteiger partial charge in [0.2, 0.25) is 0 Å². The SMILES string of the molecule is C[C@@H](COC1CCCCO1)N(Cc1ccccc1)C[C@H](Nc1ccc(O)cc1Cl)c1ccc(Cl)cc1. The van der Waals surface area contributed by atoms with Crippen LogP contribution in [0.25, 0.3) is 0 Å². The van der Waals surface area contributed by atoms with E-state index < -0.39 is 0 Å². The molecule has 4 rings (SSSR count). The van der Waals surface area contributed by atoms with Gasteiger partial charge >= 0.3 is 0 Å². The normalized spacial score (nSPS) is 17.6. The smallest absolute Gasteiger partial charge is 0.157 e. The zero-order chi connectivity index (χ0) is 25.3. The van der Waals surface area contributed by atoms with Crippen molar-refractivity contribution in [2.75, 3.05) is 25.1 Å². The topological polar surface area (TPSA) is 54.0 Å². The Bertz CT molecular complexity index is 1080. The Morgan fingerprint density at radius 3 is 2.53 bits per heavy atom. The van der Waals surface area contributed by atoms with E-state index in [1.165, 1.54) is 5.56 Å². The van der Waals surface area contributed by atoms with E-state index in [4.69, 9.17) is 32.7 Å². The zero-order valence-electron chi connectivity index (χ0n) is 20.6. The summed E-state index contributed by atoms with van der Waals surface area (Å²) in [5, 5.41) is 14.6. The number of benzene rings is 3. The number of anilines is 1. The standard InChI is InChI=1S/C29H34Cl2N2O3/c1-21(20-36-29-9-5-6-16-35-29)33(18-22-7-3-2-4-8-22)19-28(23-10-12-24(30)13-11-23)32-27-15-14-25(34)17-26(27)31/h2-4,7-8,10-15,17,21,28-29,32,34H,5-6,9,16,18-20H2,1H3/t21-,28-,29?/m0/s1.